The molecule has 1 N–H and O–H groups in total. The van der Waals surface area contributed by atoms with Crippen LogP contribution in [0.1, 0.15) is 29.3 Å². The highest BCUT2D eigenvalue weighted by molar-refractivity contribution is 6.04. The third-order valence-corrected chi connectivity index (χ3v) is 4.30. The average Bonchev–Trinajstić information content (AvgIpc) is 3.09. The van der Waals surface area contributed by atoms with Crippen molar-refractivity contribution in [2.24, 2.45) is 4.99 Å². The molecule has 28 heavy (non-hydrogen) atoms. The molecule has 0 spiro atoms. The monoisotopic (exact) mass is 388 g/mol. The molecule has 2 aromatic heterocycles. The van der Waals surface area contributed by atoms with Gasteiger partial charge in [-0.2, -0.15) is 18.9 Å². The first-order valence-electron chi connectivity index (χ1n) is 8.28. The number of rotatable bonds is 4. The second-order valence-electron chi connectivity index (χ2n) is 6.14. The molecule has 0 unspecified atom stereocenters. The Morgan fingerprint density at radius 3 is 2.75 bits per heavy atom. The van der Waals surface area contributed by atoms with E-state index in [1.807, 2.05) is 0 Å². The molecule has 4 rings (SSSR count). The Morgan fingerprint density at radius 2 is 2.07 bits per heavy atom. The summed E-state index contributed by atoms with van der Waals surface area (Å²) in [7, 11) is 0. The number of hydrogen-bond acceptors (Lipinski definition) is 7. The van der Waals surface area contributed by atoms with E-state index in [0.29, 0.717) is 5.71 Å². The smallest absolute Gasteiger partial charge is 0.387 e. The summed E-state index contributed by atoms with van der Waals surface area (Å²) >= 11 is 0. The minimum Gasteiger partial charge on any atom is -0.507 e. The molecular weight excluding hydrogens is 374 g/mol. The van der Waals surface area contributed by atoms with Crippen molar-refractivity contribution in [1.82, 2.24) is 14.8 Å². The summed E-state index contributed by atoms with van der Waals surface area (Å²) in [5.74, 6) is 0.314. The molecule has 0 amide bonds. The first-order valence-corrected chi connectivity index (χ1v) is 8.28. The van der Waals surface area contributed by atoms with Gasteiger partial charge >= 0.3 is 12.2 Å². The Kier molecular flexibility index (Phi) is 4.38. The topological polar surface area (TPSA) is 103 Å². The van der Waals surface area contributed by atoms with Gasteiger partial charge in [0.1, 0.15) is 29.2 Å². The maximum atomic E-state index is 12.4. The fourth-order valence-corrected chi connectivity index (χ4v) is 3.13. The molecule has 1 aliphatic rings. The molecule has 1 atom stereocenters. The predicted octanol–water partition coefficient (Wildman–Crippen LogP) is 2.96. The van der Waals surface area contributed by atoms with Gasteiger partial charge in [-0.05, 0) is 24.6 Å². The van der Waals surface area contributed by atoms with Crippen molar-refractivity contribution in [1.29, 1.82) is 0 Å². The van der Waals surface area contributed by atoms with Gasteiger partial charge in [0.05, 0.1) is 11.8 Å². The van der Waals surface area contributed by atoms with Crippen LogP contribution in [0.3, 0.4) is 0 Å². The van der Waals surface area contributed by atoms with E-state index in [2.05, 4.69) is 19.8 Å². The van der Waals surface area contributed by atoms with Crippen molar-refractivity contribution in [2.75, 3.05) is 0 Å². The first-order chi connectivity index (χ1) is 13.4. The van der Waals surface area contributed by atoms with Crippen LogP contribution in [0.5, 0.6) is 11.5 Å². The van der Waals surface area contributed by atoms with Crippen molar-refractivity contribution in [3.05, 3.63) is 64.0 Å². The van der Waals surface area contributed by atoms with E-state index < -0.39 is 18.3 Å². The second-order valence-corrected chi connectivity index (χ2v) is 6.14. The largest absolute Gasteiger partial charge is 0.507 e. The molecular formula is C18H14F2N4O4. The quantitative estimate of drug-likeness (QED) is 0.737. The van der Waals surface area contributed by atoms with Crippen LogP contribution in [-0.2, 0) is 0 Å². The number of alkyl halides is 2. The number of hydrogen-bond donors (Lipinski definition) is 1. The van der Waals surface area contributed by atoms with Gasteiger partial charge in [0, 0.05) is 12.5 Å². The lowest BCUT2D eigenvalue weighted by Gasteiger charge is -2.23. The van der Waals surface area contributed by atoms with Crippen LogP contribution < -0.4 is 10.4 Å². The Labute approximate surface area is 156 Å². The van der Waals surface area contributed by atoms with E-state index >= 15 is 0 Å². The standard InChI is InChI=1S/C18H14F2N4O4/c1-9-6-14(25)15(16(26)27-9)12-7-13(24-18(23-12)21-8-22-24)10-2-4-11(5-3-10)28-17(19)20/h2-6,8,13,17,25H,7H2,1H3/t13-/m1/s1. The summed E-state index contributed by atoms with van der Waals surface area (Å²) in [6.07, 6.45) is 1.54. The highest BCUT2D eigenvalue weighted by Crippen LogP contribution is 2.34. The number of aliphatic imine (C=N–C) groups is 1. The normalized spacial score (nSPS) is 16.0. The molecule has 0 fully saturated rings. The molecule has 8 nitrogen and oxygen atoms in total. The number of aromatic nitrogens is 3. The van der Waals surface area contributed by atoms with Crippen LogP contribution in [0.2, 0.25) is 0 Å². The highest BCUT2D eigenvalue weighted by Gasteiger charge is 2.29. The summed E-state index contributed by atoms with van der Waals surface area (Å²) in [5.41, 5.74) is 0.271. The van der Waals surface area contributed by atoms with E-state index in [-0.39, 0.29) is 35.2 Å². The zero-order valence-corrected chi connectivity index (χ0v) is 14.5. The average molecular weight is 388 g/mol. The van der Waals surface area contributed by atoms with Crippen molar-refractivity contribution in [2.45, 2.75) is 26.0 Å². The maximum absolute atomic E-state index is 12.4. The van der Waals surface area contributed by atoms with Crippen molar-refractivity contribution < 1.29 is 23.0 Å². The van der Waals surface area contributed by atoms with Crippen molar-refractivity contribution in [3.8, 4) is 11.5 Å². The second kappa shape index (κ2) is 6.87. The fraction of sp³-hybridized carbons (Fsp3) is 0.222. The van der Waals surface area contributed by atoms with Crippen LogP contribution >= 0.6 is 0 Å². The third-order valence-electron chi connectivity index (χ3n) is 4.30. The summed E-state index contributed by atoms with van der Waals surface area (Å²) < 4.78 is 35.7. The number of benzene rings is 1. The Morgan fingerprint density at radius 1 is 1.32 bits per heavy atom. The minimum atomic E-state index is -2.91. The van der Waals surface area contributed by atoms with Crippen molar-refractivity contribution in [3.63, 3.8) is 0 Å². The SMILES string of the molecule is Cc1cc(O)c(C2=Nc3ncnn3[C@@H](c3ccc(OC(F)F)cc3)C2)c(=O)o1. The Balaban J connectivity index is 1.74. The molecule has 3 heterocycles. The number of aryl methyl sites for hydroxylation is 1. The highest BCUT2D eigenvalue weighted by atomic mass is 19.3. The van der Waals surface area contributed by atoms with Crippen LogP contribution in [0.25, 0.3) is 0 Å². The fourth-order valence-electron chi connectivity index (χ4n) is 3.13. The molecule has 10 heteroatoms. The molecule has 0 saturated carbocycles. The lowest BCUT2D eigenvalue weighted by molar-refractivity contribution is -0.0498. The molecule has 1 aromatic carbocycles. The van der Waals surface area contributed by atoms with E-state index in [9.17, 15) is 18.7 Å². The van der Waals surface area contributed by atoms with Gasteiger partial charge in [0.25, 0.3) is 0 Å². The van der Waals surface area contributed by atoms with Crippen LogP contribution in [0.4, 0.5) is 14.7 Å². The third kappa shape index (κ3) is 3.24. The lowest BCUT2D eigenvalue weighted by atomic mass is 9.96. The minimum absolute atomic E-state index is 0.0269. The van der Waals surface area contributed by atoms with E-state index in [1.165, 1.54) is 24.5 Å². The molecule has 0 saturated heterocycles. The molecule has 144 valence electrons. The molecule has 0 aliphatic carbocycles. The predicted molar refractivity (Wildman–Crippen MR) is 93.4 cm³/mol. The van der Waals surface area contributed by atoms with Crippen LogP contribution in [0.15, 0.2) is 50.9 Å². The Bertz CT molecular complexity index is 1110. The summed E-state index contributed by atoms with van der Waals surface area (Å²) in [5, 5.41) is 14.4. The molecule has 1 aliphatic heterocycles. The molecule has 3 aromatic rings. The summed E-state index contributed by atoms with van der Waals surface area (Å²) in [4.78, 5) is 20.7. The van der Waals surface area contributed by atoms with Crippen molar-refractivity contribution >= 4 is 11.7 Å². The number of fused-ring (bicyclic) bond motifs is 1. The van der Waals surface area contributed by atoms with Gasteiger partial charge in [-0.15, -0.1) is 0 Å². The number of ether oxygens (including phenoxy) is 1. The van der Waals surface area contributed by atoms with Gasteiger partial charge in [0.2, 0.25) is 5.95 Å². The zero-order valence-electron chi connectivity index (χ0n) is 14.5. The van der Waals surface area contributed by atoms with Gasteiger partial charge < -0.3 is 14.3 Å². The number of aromatic hydroxyl groups is 1. The lowest BCUT2D eigenvalue weighted by Crippen LogP contribution is -2.25. The van der Waals surface area contributed by atoms with E-state index in [1.54, 1.807) is 23.7 Å². The van der Waals surface area contributed by atoms with Gasteiger partial charge in [-0.25, -0.2) is 14.5 Å². The molecule has 0 radical (unpaired) electrons. The van der Waals surface area contributed by atoms with Crippen LogP contribution in [0, 0.1) is 6.92 Å². The number of halogens is 2. The van der Waals surface area contributed by atoms with Crippen LogP contribution in [-0.4, -0.2) is 32.2 Å². The first kappa shape index (κ1) is 17.8. The summed E-state index contributed by atoms with van der Waals surface area (Å²) in [6, 6.07) is 7.00. The van der Waals surface area contributed by atoms with Gasteiger partial charge in [-0.3, -0.25) is 0 Å². The van der Waals surface area contributed by atoms with E-state index in [0.717, 1.165) is 5.56 Å². The maximum Gasteiger partial charge on any atom is 0.387 e. The summed E-state index contributed by atoms with van der Waals surface area (Å²) in [6.45, 7) is -1.36. The Hall–Kier alpha value is -3.56. The zero-order chi connectivity index (χ0) is 19.8. The molecule has 0 bridgehead atoms. The van der Waals surface area contributed by atoms with Gasteiger partial charge in [-0.1, -0.05) is 12.1 Å². The van der Waals surface area contributed by atoms with E-state index in [4.69, 9.17) is 4.42 Å². The number of nitrogens with zero attached hydrogens (tertiary/aromatic N) is 4. The van der Waals surface area contributed by atoms with Gasteiger partial charge in [0.15, 0.2) is 0 Å².